The molecule has 0 aliphatic carbocycles. The molecule has 64 valence electrons. The first-order valence-corrected chi connectivity index (χ1v) is 4.78. The molecule has 3 N–H and O–H groups in total. The van der Waals surface area contributed by atoms with Crippen molar-refractivity contribution >= 4 is 37.6 Å². The van der Waals surface area contributed by atoms with Crippen molar-refractivity contribution < 1.29 is 0 Å². The lowest BCUT2D eigenvalue weighted by Gasteiger charge is -1.89. The van der Waals surface area contributed by atoms with Gasteiger partial charge in [-0.2, -0.15) is 0 Å². The van der Waals surface area contributed by atoms with Crippen LogP contribution in [0.1, 0.15) is 0 Å². The summed E-state index contributed by atoms with van der Waals surface area (Å²) < 4.78 is 1.14. The fraction of sp³-hybridized carbons (Fsp3) is 0. The minimum Gasteiger partial charge on any atom is -0.375 e. The third kappa shape index (κ3) is 0.860. The molecule has 13 heavy (non-hydrogen) atoms. The van der Waals surface area contributed by atoms with E-state index in [-0.39, 0.29) is 0 Å². The average Bonchev–Trinajstić information content (AvgIpc) is 2.65. The summed E-state index contributed by atoms with van der Waals surface area (Å²) in [6.45, 7) is 0. The highest BCUT2D eigenvalue weighted by Gasteiger charge is 2.05. The van der Waals surface area contributed by atoms with Gasteiger partial charge in [0.2, 0.25) is 0 Å². The minimum atomic E-state index is 0.622. The number of nitrogen functional groups attached to an aromatic ring is 1. The Morgan fingerprint density at radius 3 is 3.15 bits per heavy atom. The summed E-state index contributed by atoms with van der Waals surface area (Å²) in [6, 6.07) is 6.09. The molecule has 2 aromatic heterocycles. The topological polar surface area (TPSA) is 54.7 Å². The summed E-state index contributed by atoms with van der Waals surface area (Å²) in [4.78, 5) is 7.41. The van der Waals surface area contributed by atoms with Gasteiger partial charge in [0.15, 0.2) is 5.13 Å². The van der Waals surface area contributed by atoms with Gasteiger partial charge in [-0.25, -0.2) is 4.98 Å². The number of nitrogens with two attached hydrogens (primary N) is 1. The lowest BCUT2D eigenvalue weighted by molar-refractivity contribution is 1.48. The van der Waals surface area contributed by atoms with Gasteiger partial charge in [-0.1, -0.05) is 17.4 Å². The van der Waals surface area contributed by atoms with Gasteiger partial charge in [0.25, 0.3) is 0 Å². The Balaban J connectivity index is 2.64. The van der Waals surface area contributed by atoms with Crippen molar-refractivity contribution in [2.75, 3.05) is 5.73 Å². The van der Waals surface area contributed by atoms with Crippen LogP contribution < -0.4 is 5.73 Å². The summed E-state index contributed by atoms with van der Waals surface area (Å²) in [5.74, 6) is 0. The lowest BCUT2D eigenvalue weighted by atomic mass is 10.2. The molecule has 0 atom stereocenters. The highest BCUT2D eigenvalue weighted by molar-refractivity contribution is 7.22. The van der Waals surface area contributed by atoms with Crippen LogP contribution in [0.3, 0.4) is 0 Å². The number of nitrogens with zero attached hydrogens (tertiary/aromatic N) is 1. The maximum absolute atomic E-state index is 5.64. The molecular weight excluding hydrogens is 182 g/mol. The SMILES string of the molecule is Nc1nc2ccc3cc[nH]c3c2s1. The second-order valence-corrected chi connectivity index (χ2v) is 3.94. The van der Waals surface area contributed by atoms with E-state index in [1.54, 1.807) is 0 Å². The molecule has 0 radical (unpaired) electrons. The molecule has 4 heteroatoms. The first-order chi connectivity index (χ1) is 6.34. The number of rotatable bonds is 0. The van der Waals surface area contributed by atoms with Crippen molar-refractivity contribution in [3.8, 4) is 0 Å². The smallest absolute Gasteiger partial charge is 0.181 e. The highest BCUT2D eigenvalue weighted by Crippen LogP contribution is 2.30. The van der Waals surface area contributed by atoms with E-state index in [1.165, 1.54) is 16.7 Å². The van der Waals surface area contributed by atoms with Gasteiger partial charge in [-0.15, -0.1) is 0 Å². The van der Waals surface area contributed by atoms with E-state index in [2.05, 4.69) is 9.97 Å². The van der Waals surface area contributed by atoms with Gasteiger partial charge in [0, 0.05) is 11.6 Å². The minimum absolute atomic E-state index is 0.622. The summed E-state index contributed by atoms with van der Waals surface area (Å²) >= 11 is 1.52. The van der Waals surface area contributed by atoms with Gasteiger partial charge in [0.1, 0.15) is 0 Å². The molecule has 1 aromatic carbocycles. The zero-order valence-corrected chi connectivity index (χ0v) is 7.56. The van der Waals surface area contributed by atoms with Crippen molar-refractivity contribution in [3.05, 3.63) is 24.4 Å². The monoisotopic (exact) mass is 189 g/mol. The number of hydrogen-bond donors (Lipinski definition) is 2. The van der Waals surface area contributed by atoms with Crippen LogP contribution in [0.25, 0.3) is 21.1 Å². The Hall–Kier alpha value is -1.55. The predicted molar refractivity (Wildman–Crippen MR) is 55.9 cm³/mol. The summed E-state index contributed by atoms with van der Waals surface area (Å²) in [6.07, 6.45) is 1.93. The lowest BCUT2D eigenvalue weighted by Crippen LogP contribution is -1.78. The molecule has 0 aliphatic heterocycles. The first kappa shape index (κ1) is 6.91. The molecule has 0 saturated heterocycles. The Morgan fingerprint density at radius 1 is 1.31 bits per heavy atom. The van der Waals surface area contributed by atoms with Crippen LogP contribution in [0.15, 0.2) is 24.4 Å². The van der Waals surface area contributed by atoms with Crippen molar-refractivity contribution in [2.45, 2.75) is 0 Å². The van der Waals surface area contributed by atoms with Crippen molar-refractivity contribution in [2.24, 2.45) is 0 Å². The number of benzene rings is 1. The van der Waals surface area contributed by atoms with Gasteiger partial charge in [-0.3, -0.25) is 0 Å². The quantitative estimate of drug-likeness (QED) is 0.570. The Morgan fingerprint density at radius 2 is 2.23 bits per heavy atom. The Bertz CT molecular complexity index is 579. The van der Waals surface area contributed by atoms with E-state index < -0.39 is 0 Å². The second kappa shape index (κ2) is 2.23. The predicted octanol–water partition coefficient (Wildman–Crippen LogP) is 2.36. The van der Waals surface area contributed by atoms with Crippen LogP contribution >= 0.6 is 11.3 Å². The fourth-order valence-corrected chi connectivity index (χ4v) is 2.38. The Labute approximate surface area is 78.2 Å². The summed E-state index contributed by atoms with van der Waals surface area (Å²) in [5.41, 5.74) is 7.74. The summed E-state index contributed by atoms with van der Waals surface area (Å²) in [7, 11) is 0. The second-order valence-electron chi connectivity index (χ2n) is 2.91. The molecule has 0 amide bonds. The van der Waals surface area contributed by atoms with E-state index in [4.69, 9.17) is 5.73 Å². The average molecular weight is 189 g/mol. The van der Waals surface area contributed by atoms with E-state index in [9.17, 15) is 0 Å². The van der Waals surface area contributed by atoms with Crippen molar-refractivity contribution in [1.82, 2.24) is 9.97 Å². The molecule has 0 saturated carbocycles. The molecule has 3 rings (SSSR count). The number of hydrogen-bond acceptors (Lipinski definition) is 3. The zero-order chi connectivity index (χ0) is 8.84. The van der Waals surface area contributed by atoms with Crippen LogP contribution in [0.5, 0.6) is 0 Å². The van der Waals surface area contributed by atoms with E-state index in [1.807, 2.05) is 24.4 Å². The number of anilines is 1. The van der Waals surface area contributed by atoms with E-state index in [0.29, 0.717) is 5.13 Å². The molecule has 0 aliphatic rings. The number of fused-ring (bicyclic) bond motifs is 3. The molecule has 2 heterocycles. The largest absolute Gasteiger partial charge is 0.375 e. The van der Waals surface area contributed by atoms with Crippen molar-refractivity contribution in [1.29, 1.82) is 0 Å². The zero-order valence-electron chi connectivity index (χ0n) is 6.74. The normalized spacial score (nSPS) is 11.4. The number of nitrogens with one attached hydrogen (secondary N) is 1. The molecule has 0 spiro atoms. The molecule has 3 aromatic rings. The van der Waals surface area contributed by atoms with Crippen LogP contribution in [0.4, 0.5) is 5.13 Å². The number of thiazole rings is 1. The maximum Gasteiger partial charge on any atom is 0.181 e. The summed E-state index contributed by atoms with van der Waals surface area (Å²) in [5, 5.41) is 1.83. The van der Waals surface area contributed by atoms with Gasteiger partial charge in [0.05, 0.1) is 15.7 Å². The fourth-order valence-electron chi connectivity index (χ4n) is 1.53. The standard InChI is InChI=1S/C9H7N3S/c10-9-12-6-2-1-5-3-4-11-7(5)8(6)13-9/h1-4,11H,(H2,10,12). The number of H-pyrrole nitrogens is 1. The third-order valence-corrected chi connectivity index (χ3v) is 3.01. The van der Waals surface area contributed by atoms with Crippen LogP contribution in [0.2, 0.25) is 0 Å². The van der Waals surface area contributed by atoms with E-state index >= 15 is 0 Å². The van der Waals surface area contributed by atoms with Gasteiger partial charge in [-0.05, 0) is 12.1 Å². The third-order valence-electron chi connectivity index (χ3n) is 2.10. The Kier molecular flexibility index (Phi) is 1.19. The van der Waals surface area contributed by atoms with Crippen LogP contribution in [-0.4, -0.2) is 9.97 Å². The first-order valence-electron chi connectivity index (χ1n) is 3.97. The molecule has 0 unspecified atom stereocenters. The van der Waals surface area contributed by atoms with Gasteiger partial charge < -0.3 is 10.7 Å². The molecule has 3 nitrogen and oxygen atoms in total. The van der Waals surface area contributed by atoms with Crippen LogP contribution in [-0.2, 0) is 0 Å². The molecule has 0 bridgehead atoms. The van der Waals surface area contributed by atoms with E-state index in [0.717, 1.165) is 15.7 Å². The molecular formula is C9H7N3S. The van der Waals surface area contributed by atoms with Crippen molar-refractivity contribution in [3.63, 3.8) is 0 Å². The highest BCUT2D eigenvalue weighted by atomic mass is 32.1. The number of aromatic nitrogens is 2. The number of aromatic amines is 1. The van der Waals surface area contributed by atoms with Crippen LogP contribution in [0, 0.1) is 0 Å². The van der Waals surface area contributed by atoms with Gasteiger partial charge >= 0.3 is 0 Å². The molecule has 0 fully saturated rings. The maximum atomic E-state index is 5.64.